The molecule has 16 heavy (non-hydrogen) atoms. The van der Waals surface area contributed by atoms with Crippen molar-refractivity contribution in [3.05, 3.63) is 23.6 Å². The molecule has 0 saturated heterocycles. The third-order valence-electron chi connectivity index (χ3n) is 1.77. The minimum atomic E-state index is -0.537. The zero-order chi connectivity index (χ0) is 12.1. The van der Waals surface area contributed by atoms with Gasteiger partial charge in [-0.25, -0.2) is 14.4 Å². The highest BCUT2D eigenvalue weighted by atomic mass is 19.1. The molecule has 0 fully saturated rings. The van der Waals surface area contributed by atoms with Crippen molar-refractivity contribution in [3.63, 3.8) is 0 Å². The van der Waals surface area contributed by atoms with E-state index < -0.39 is 11.7 Å². The number of pyridine rings is 1. The van der Waals surface area contributed by atoms with E-state index in [9.17, 15) is 9.18 Å². The second-order valence-electron chi connectivity index (χ2n) is 3.42. The Bertz CT molecular complexity index is 381. The predicted molar refractivity (Wildman–Crippen MR) is 59.5 cm³/mol. The molecule has 0 aromatic carbocycles. The van der Waals surface area contributed by atoms with Gasteiger partial charge in [0, 0.05) is 20.6 Å². The fourth-order valence-corrected chi connectivity index (χ4v) is 1.18. The summed E-state index contributed by atoms with van der Waals surface area (Å²) in [7, 11) is 3.36. The molecular weight excluding hydrogens is 211 g/mol. The van der Waals surface area contributed by atoms with Crippen LogP contribution < -0.4 is 10.7 Å². The van der Waals surface area contributed by atoms with Gasteiger partial charge in [-0.15, -0.1) is 0 Å². The second kappa shape index (κ2) is 5.41. The molecule has 6 heteroatoms. The lowest BCUT2D eigenvalue weighted by Gasteiger charge is -2.14. The van der Waals surface area contributed by atoms with E-state index in [4.69, 9.17) is 0 Å². The fraction of sp³-hybridized carbons (Fsp3) is 0.400. The molecule has 1 amide bonds. The number of carbonyl (C=O) groups is 1. The maximum absolute atomic E-state index is 13.0. The third kappa shape index (κ3) is 3.16. The summed E-state index contributed by atoms with van der Waals surface area (Å²) in [6.45, 7) is 2.49. The summed E-state index contributed by atoms with van der Waals surface area (Å²) in [5, 5.41) is 4.39. The van der Waals surface area contributed by atoms with Gasteiger partial charge in [0.25, 0.3) is 5.91 Å². The van der Waals surface area contributed by atoms with Crippen LogP contribution in [0.15, 0.2) is 12.3 Å². The summed E-state index contributed by atoms with van der Waals surface area (Å²) >= 11 is 0. The molecule has 0 atom stereocenters. The normalized spacial score (nSPS) is 10.3. The van der Waals surface area contributed by atoms with Crippen LogP contribution in [0.25, 0.3) is 0 Å². The summed E-state index contributed by atoms with van der Waals surface area (Å²) < 4.78 is 13.0. The lowest BCUT2D eigenvalue weighted by molar-refractivity contribution is 0.0857. The summed E-state index contributed by atoms with van der Waals surface area (Å²) in [4.78, 5) is 15.5. The van der Waals surface area contributed by atoms with Crippen LogP contribution in [0.5, 0.6) is 0 Å². The molecule has 0 bridgehead atoms. The van der Waals surface area contributed by atoms with Crippen LogP contribution in [0.3, 0.4) is 0 Å². The van der Waals surface area contributed by atoms with Crippen molar-refractivity contribution in [2.45, 2.75) is 6.92 Å². The van der Waals surface area contributed by atoms with E-state index in [1.807, 2.05) is 6.92 Å². The number of rotatable bonds is 4. The first kappa shape index (κ1) is 12.4. The Balaban J connectivity index is 2.99. The Morgan fingerprint density at radius 3 is 2.81 bits per heavy atom. The number of halogens is 1. The smallest absolute Gasteiger partial charge is 0.269 e. The maximum atomic E-state index is 13.0. The quantitative estimate of drug-likeness (QED) is 0.748. The van der Waals surface area contributed by atoms with Crippen molar-refractivity contribution >= 4 is 11.7 Å². The molecule has 2 N–H and O–H groups in total. The Hall–Kier alpha value is -1.69. The Morgan fingerprint density at radius 1 is 1.56 bits per heavy atom. The highest BCUT2D eigenvalue weighted by Gasteiger charge is 2.13. The van der Waals surface area contributed by atoms with E-state index in [0.29, 0.717) is 12.4 Å². The number of nitrogens with zero attached hydrogens (tertiary/aromatic N) is 2. The Kier molecular flexibility index (Phi) is 4.19. The monoisotopic (exact) mass is 226 g/mol. The first-order valence-corrected chi connectivity index (χ1v) is 4.92. The number of hydrogen-bond donors (Lipinski definition) is 2. The zero-order valence-corrected chi connectivity index (χ0v) is 9.54. The number of amides is 1. The molecule has 0 aliphatic rings. The fourth-order valence-electron chi connectivity index (χ4n) is 1.18. The van der Waals surface area contributed by atoms with E-state index in [0.717, 1.165) is 12.3 Å². The average molecular weight is 226 g/mol. The predicted octanol–water partition coefficient (Wildman–Crippen LogP) is 0.859. The van der Waals surface area contributed by atoms with Crippen molar-refractivity contribution in [1.29, 1.82) is 0 Å². The van der Waals surface area contributed by atoms with Crippen LogP contribution in [0.4, 0.5) is 10.2 Å². The topological polar surface area (TPSA) is 57.3 Å². The highest BCUT2D eigenvalue weighted by molar-refractivity contribution is 5.98. The first-order chi connectivity index (χ1) is 7.54. The Labute approximate surface area is 93.6 Å². The molecule has 1 aromatic rings. The third-order valence-corrected chi connectivity index (χ3v) is 1.77. The Morgan fingerprint density at radius 2 is 2.25 bits per heavy atom. The van der Waals surface area contributed by atoms with Crippen molar-refractivity contribution in [2.24, 2.45) is 0 Å². The molecule has 0 radical (unpaired) electrons. The van der Waals surface area contributed by atoms with Gasteiger partial charge in [0.05, 0.1) is 11.8 Å². The van der Waals surface area contributed by atoms with Crippen molar-refractivity contribution < 1.29 is 9.18 Å². The molecule has 0 aliphatic heterocycles. The SMILES string of the molecule is CCNc1ncc(F)cc1C(=O)NN(C)C. The van der Waals surface area contributed by atoms with Gasteiger partial charge < -0.3 is 5.32 Å². The van der Waals surface area contributed by atoms with Crippen LogP contribution in [0.1, 0.15) is 17.3 Å². The van der Waals surface area contributed by atoms with Crippen LogP contribution in [0.2, 0.25) is 0 Å². The van der Waals surface area contributed by atoms with Gasteiger partial charge in [0.2, 0.25) is 0 Å². The van der Waals surface area contributed by atoms with Gasteiger partial charge in [-0.1, -0.05) is 0 Å². The highest BCUT2D eigenvalue weighted by Crippen LogP contribution is 2.13. The number of hydrazine groups is 1. The molecule has 5 nitrogen and oxygen atoms in total. The first-order valence-electron chi connectivity index (χ1n) is 4.92. The lowest BCUT2D eigenvalue weighted by atomic mass is 10.2. The number of carbonyl (C=O) groups excluding carboxylic acids is 1. The van der Waals surface area contributed by atoms with Crippen LogP contribution in [-0.2, 0) is 0 Å². The van der Waals surface area contributed by atoms with E-state index in [-0.39, 0.29) is 5.56 Å². The van der Waals surface area contributed by atoms with E-state index in [2.05, 4.69) is 15.7 Å². The summed E-state index contributed by atoms with van der Waals surface area (Å²) in [5.74, 6) is -0.554. The number of hydrogen-bond acceptors (Lipinski definition) is 4. The molecule has 0 aliphatic carbocycles. The lowest BCUT2D eigenvalue weighted by Crippen LogP contribution is -2.36. The standard InChI is InChI=1S/C10H15FN4O/c1-4-12-9-8(5-7(11)6-13-9)10(16)14-15(2)3/h5-6H,4H2,1-3H3,(H,12,13)(H,14,16). The van der Waals surface area contributed by atoms with E-state index in [1.54, 1.807) is 14.1 Å². The molecule has 1 rings (SSSR count). The molecule has 1 aromatic heterocycles. The summed E-state index contributed by atoms with van der Waals surface area (Å²) in [6.07, 6.45) is 1.07. The van der Waals surface area contributed by atoms with Gasteiger partial charge in [0.1, 0.15) is 11.6 Å². The van der Waals surface area contributed by atoms with Gasteiger partial charge >= 0.3 is 0 Å². The van der Waals surface area contributed by atoms with Crippen LogP contribution in [-0.4, -0.2) is 36.5 Å². The number of aromatic nitrogens is 1. The number of nitrogens with one attached hydrogen (secondary N) is 2. The molecule has 88 valence electrons. The van der Waals surface area contributed by atoms with Crippen molar-refractivity contribution in [1.82, 2.24) is 15.4 Å². The van der Waals surface area contributed by atoms with Gasteiger partial charge in [-0.05, 0) is 13.0 Å². The van der Waals surface area contributed by atoms with E-state index >= 15 is 0 Å². The molecule has 0 spiro atoms. The van der Waals surface area contributed by atoms with Crippen LogP contribution >= 0.6 is 0 Å². The van der Waals surface area contributed by atoms with Gasteiger partial charge in [-0.2, -0.15) is 0 Å². The summed E-state index contributed by atoms with van der Waals surface area (Å²) in [5.41, 5.74) is 2.72. The summed E-state index contributed by atoms with van der Waals surface area (Å²) in [6, 6.07) is 1.16. The largest absolute Gasteiger partial charge is 0.370 e. The molecule has 1 heterocycles. The average Bonchev–Trinajstić information content (AvgIpc) is 2.20. The van der Waals surface area contributed by atoms with Crippen molar-refractivity contribution in [3.8, 4) is 0 Å². The number of anilines is 1. The molecule has 0 saturated carbocycles. The van der Waals surface area contributed by atoms with Crippen LogP contribution in [0, 0.1) is 5.82 Å². The minimum Gasteiger partial charge on any atom is -0.370 e. The zero-order valence-electron chi connectivity index (χ0n) is 9.54. The van der Waals surface area contributed by atoms with Gasteiger partial charge in [-0.3, -0.25) is 10.2 Å². The second-order valence-corrected chi connectivity index (χ2v) is 3.42. The van der Waals surface area contributed by atoms with Crippen molar-refractivity contribution in [2.75, 3.05) is 26.0 Å². The minimum absolute atomic E-state index is 0.190. The van der Waals surface area contributed by atoms with E-state index in [1.165, 1.54) is 5.01 Å². The maximum Gasteiger partial charge on any atom is 0.269 e. The molecule has 0 unspecified atom stereocenters. The van der Waals surface area contributed by atoms with Gasteiger partial charge in [0.15, 0.2) is 0 Å². The molecular formula is C10H15FN4O.